The van der Waals surface area contributed by atoms with Gasteiger partial charge in [0.15, 0.2) is 5.96 Å². The molecule has 1 aliphatic heterocycles. The zero-order valence-electron chi connectivity index (χ0n) is 12.9. The minimum atomic E-state index is 0.0938. The highest BCUT2D eigenvalue weighted by atomic mass is 16.5. The zero-order valence-corrected chi connectivity index (χ0v) is 12.9. The Labute approximate surface area is 121 Å². The monoisotopic (exact) mass is 275 g/mol. The highest BCUT2D eigenvalue weighted by Gasteiger charge is 2.18. The van der Waals surface area contributed by atoms with Crippen molar-refractivity contribution < 1.29 is 4.74 Å². The number of para-hydroxylation sites is 1. The number of ether oxygens (including phenoxy) is 1. The number of aliphatic imine (C=N–C) groups is 1. The molecule has 1 atom stereocenters. The summed E-state index contributed by atoms with van der Waals surface area (Å²) in [6.07, 6.45) is 0. The fraction of sp³-hybridized carbons (Fsp3) is 0.562. The van der Waals surface area contributed by atoms with E-state index in [-0.39, 0.29) is 5.41 Å². The van der Waals surface area contributed by atoms with E-state index in [0.717, 1.165) is 24.8 Å². The Bertz CT molecular complexity index is 477. The average Bonchev–Trinajstić information content (AvgIpc) is 2.80. The maximum Gasteiger partial charge on any atom is 0.191 e. The van der Waals surface area contributed by atoms with Crippen molar-refractivity contribution in [1.82, 2.24) is 10.6 Å². The summed E-state index contributed by atoms with van der Waals surface area (Å²) in [6, 6.07) is 8.67. The molecule has 0 aromatic heterocycles. The highest BCUT2D eigenvalue weighted by Crippen LogP contribution is 2.30. The van der Waals surface area contributed by atoms with Crippen LogP contribution in [0, 0.1) is 0 Å². The van der Waals surface area contributed by atoms with Crippen molar-refractivity contribution in [3.63, 3.8) is 0 Å². The van der Waals surface area contributed by atoms with Crippen molar-refractivity contribution in [3.8, 4) is 5.75 Å². The molecule has 1 unspecified atom stereocenters. The Kier molecular flexibility index (Phi) is 4.53. The summed E-state index contributed by atoms with van der Waals surface area (Å²) in [5, 5.41) is 6.53. The van der Waals surface area contributed by atoms with Gasteiger partial charge in [0, 0.05) is 6.04 Å². The number of hydrogen-bond acceptors (Lipinski definition) is 4. The van der Waals surface area contributed by atoms with Crippen molar-refractivity contribution >= 4 is 5.96 Å². The zero-order chi connectivity index (χ0) is 14.6. The molecule has 2 rings (SSSR count). The van der Waals surface area contributed by atoms with Crippen LogP contribution in [0.15, 0.2) is 29.3 Å². The molecule has 4 heteroatoms. The smallest absolute Gasteiger partial charge is 0.191 e. The van der Waals surface area contributed by atoms with E-state index in [4.69, 9.17) is 4.74 Å². The number of rotatable bonds is 4. The van der Waals surface area contributed by atoms with E-state index in [1.165, 1.54) is 5.56 Å². The van der Waals surface area contributed by atoms with Crippen LogP contribution in [0.25, 0.3) is 0 Å². The van der Waals surface area contributed by atoms with Crippen LogP contribution in [0.3, 0.4) is 0 Å². The molecule has 20 heavy (non-hydrogen) atoms. The first-order valence-corrected chi connectivity index (χ1v) is 7.24. The maximum atomic E-state index is 5.91. The molecule has 0 fully saturated rings. The van der Waals surface area contributed by atoms with Crippen LogP contribution in [0.5, 0.6) is 5.75 Å². The van der Waals surface area contributed by atoms with Gasteiger partial charge in [0.2, 0.25) is 0 Å². The van der Waals surface area contributed by atoms with E-state index >= 15 is 0 Å². The van der Waals surface area contributed by atoms with Crippen LogP contribution in [-0.2, 0) is 5.41 Å². The van der Waals surface area contributed by atoms with Gasteiger partial charge in [-0.05, 0) is 24.0 Å². The Morgan fingerprint density at radius 2 is 2.10 bits per heavy atom. The van der Waals surface area contributed by atoms with Gasteiger partial charge in [-0.3, -0.25) is 4.99 Å². The van der Waals surface area contributed by atoms with Crippen molar-refractivity contribution in [2.75, 3.05) is 19.7 Å². The van der Waals surface area contributed by atoms with Gasteiger partial charge in [0.1, 0.15) is 12.4 Å². The van der Waals surface area contributed by atoms with Gasteiger partial charge in [-0.1, -0.05) is 39.0 Å². The molecule has 1 aliphatic rings. The first-order chi connectivity index (χ1) is 9.47. The van der Waals surface area contributed by atoms with Crippen LogP contribution in [-0.4, -0.2) is 31.7 Å². The van der Waals surface area contributed by atoms with Gasteiger partial charge >= 0.3 is 0 Å². The Morgan fingerprint density at radius 3 is 2.75 bits per heavy atom. The molecule has 2 N–H and O–H groups in total. The molecule has 4 nitrogen and oxygen atoms in total. The minimum Gasteiger partial charge on any atom is -0.491 e. The van der Waals surface area contributed by atoms with Gasteiger partial charge in [-0.2, -0.15) is 0 Å². The first-order valence-electron chi connectivity index (χ1n) is 7.24. The molecular formula is C16H25N3O. The number of nitrogens with one attached hydrogen (secondary N) is 2. The van der Waals surface area contributed by atoms with Crippen LogP contribution < -0.4 is 15.4 Å². The Balaban J connectivity index is 1.83. The molecular weight excluding hydrogens is 250 g/mol. The van der Waals surface area contributed by atoms with Crippen molar-refractivity contribution in [2.45, 2.75) is 39.2 Å². The fourth-order valence-electron chi connectivity index (χ4n) is 2.20. The van der Waals surface area contributed by atoms with Crippen LogP contribution in [0.1, 0.15) is 33.3 Å². The number of guanidine groups is 1. The lowest BCUT2D eigenvalue weighted by molar-refractivity contribution is 0.313. The summed E-state index contributed by atoms with van der Waals surface area (Å²) < 4.78 is 5.91. The second-order valence-electron chi connectivity index (χ2n) is 6.26. The molecule has 0 amide bonds. The van der Waals surface area contributed by atoms with Gasteiger partial charge < -0.3 is 15.4 Å². The minimum absolute atomic E-state index is 0.0938. The summed E-state index contributed by atoms with van der Waals surface area (Å²) in [4.78, 5) is 4.36. The summed E-state index contributed by atoms with van der Waals surface area (Å²) in [6.45, 7) is 10.9. The second kappa shape index (κ2) is 6.16. The van der Waals surface area contributed by atoms with E-state index in [2.05, 4.69) is 55.5 Å². The molecule has 1 heterocycles. The third-order valence-corrected chi connectivity index (χ3v) is 3.25. The Hall–Kier alpha value is -1.71. The molecule has 1 aromatic rings. The van der Waals surface area contributed by atoms with Crippen LogP contribution in [0.2, 0.25) is 0 Å². The van der Waals surface area contributed by atoms with Crippen molar-refractivity contribution in [2.24, 2.45) is 4.99 Å². The molecule has 0 spiro atoms. The van der Waals surface area contributed by atoms with Crippen LogP contribution in [0.4, 0.5) is 0 Å². The number of hydrogen-bond donors (Lipinski definition) is 2. The molecule has 0 saturated heterocycles. The van der Waals surface area contributed by atoms with E-state index in [0.29, 0.717) is 12.6 Å². The summed E-state index contributed by atoms with van der Waals surface area (Å²) >= 11 is 0. The third-order valence-electron chi connectivity index (χ3n) is 3.25. The molecule has 0 saturated carbocycles. The molecule has 0 aliphatic carbocycles. The molecule has 0 radical (unpaired) electrons. The quantitative estimate of drug-likeness (QED) is 0.829. The molecule has 0 bridgehead atoms. The van der Waals surface area contributed by atoms with Gasteiger partial charge in [-0.15, -0.1) is 0 Å². The topological polar surface area (TPSA) is 45.7 Å². The van der Waals surface area contributed by atoms with E-state index in [1.807, 2.05) is 12.1 Å². The summed E-state index contributed by atoms with van der Waals surface area (Å²) in [7, 11) is 0. The molecule has 110 valence electrons. The van der Waals surface area contributed by atoms with Gasteiger partial charge in [0.25, 0.3) is 0 Å². The van der Waals surface area contributed by atoms with Crippen molar-refractivity contribution in [3.05, 3.63) is 29.8 Å². The summed E-state index contributed by atoms with van der Waals surface area (Å²) in [5.41, 5.74) is 1.33. The normalized spacial score (nSPS) is 18.4. The van der Waals surface area contributed by atoms with Crippen LogP contribution >= 0.6 is 0 Å². The maximum absolute atomic E-state index is 5.91. The van der Waals surface area contributed by atoms with E-state index < -0.39 is 0 Å². The largest absolute Gasteiger partial charge is 0.491 e. The predicted molar refractivity (Wildman–Crippen MR) is 83.5 cm³/mol. The first kappa shape index (κ1) is 14.7. The van der Waals surface area contributed by atoms with E-state index in [9.17, 15) is 0 Å². The lowest BCUT2D eigenvalue weighted by Crippen LogP contribution is -2.39. The van der Waals surface area contributed by atoms with E-state index in [1.54, 1.807) is 0 Å². The van der Waals surface area contributed by atoms with Gasteiger partial charge in [0.05, 0.1) is 13.1 Å². The second-order valence-corrected chi connectivity index (χ2v) is 6.26. The predicted octanol–water partition coefficient (Wildman–Crippen LogP) is 2.30. The SMILES string of the molecule is CC1CN=C(NCCOc2ccccc2C(C)(C)C)N1. The average molecular weight is 275 g/mol. The van der Waals surface area contributed by atoms with Crippen molar-refractivity contribution in [1.29, 1.82) is 0 Å². The number of benzene rings is 1. The number of nitrogens with zero attached hydrogens (tertiary/aromatic N) is 1. The Morgan fingerprint density at radius 1 is 1.35 bits per heavy atom. The lowest BCUT2D eigenvalue weighted by Gasteiger charge is -2.22. The lowest BCUT2D eigenvalue weighted by atomic mass is 9.86. The third kappa shape index (κ3) is 3.89. The highest BCUT2D eigenvalue weighted by molar-refractivity contribution is 5.81. The summed E-state index contributed by atoms with van der Waals surface area (Å²) in [5.74, 6) is 1.85. The fourth-order valence-corrected chi connectivity index (χ4v) is 2.20. The standard InChI is InChI=1S/C16H25N3O/c1-12-11-18-15(19-12)17-9-10-20-14-8-6-5-7-13(14)16(2,3)4/h5-8,12H,9-11H2,1-4H3,(H2,17,18,19). The van der Waals surface area contributed by atoms with Gasteiger partial charge in [-0.25, -0.2) is 0 Å². The molecule has 1 aromatic carbocycles.